The second-order valence-corrected chi connectivity index (χ2v) is 5.82. The van der Waals surface area contributed by atoms with Gasteiger partial charge in [-0.25, -0.2) is 9.37 Å². The van der Waals surface area contributed by atoms with Crippen molar-refractivity contribution in [1.82, 2.24) is 9.36 Å². The van der Waals surface area contributed by atoms with Crippen LogP contribution in [0, 0.1) is 5.82 Å². The van der Waals surface area contributed by atoms with Crippen LogP contribution in [-0.4, -0.2) is 26.5 Å². The lowest BCUT2D eigenvalue weighted by atomic mass is 9.79. The maximum Gasteiger partial charge on any atom is 0.491 e. The van der Waals surface area contributed by atoms with E-state index in [4.69, 9.17) is 10.0 Å². The largest absolute Gasteiger partial charge is 0.491 e. The third kappa shape index (κ3) is 3.76. The summed E-state index contributed by atoms with van der Waals surface area (Å²) >= 11 is 2.83. The number of nitrogens with zero attached hydrogens (tertiary/aromatic N) is 2. The molecule has 4 nitrogen and oxygen atoms in total. The molecule has 0 unspecified atom stereocenters. The summed E-state index contributed by atoms with van der Waals surface area (Å²) in [6, 6.07) is 4.31. The summed E-state index contributed by atoms with van der Waals surface area (Å²) in [5, 5.41) is 18.1. The van der Waals surface area contributed by atoms with Crippen LogP contribution in [0.3, 0.4) is 0 Å². The number of rotatable bonds is 5. The van der Waals surface area contributed by atoms with Crippen molar-refractivity contribution < 1.29 is 14.4 Å². The van der Waals surface area contributed by atoms with Gasteiger partial charge in [-0.05, 0) is 23.2 Å². The summed E-state index contributed by atoms with van der Waals surface area (Å²) in [5.74, 6) is 0.782. The van der Waals surface area contributed by atoms with Crippen molar-refractivity contribution in [3.05, 3.63) is 35.4 Å². The monoisotopic (exact) mass is 298 g/mol. The maximum absolute atomic E-state index is 13.3. The quantitative estimate of drug-likeness (QED) is 0.641. The first-order chi connectivity index (χ1) is 9.10. The van der Waals surface area contributed by atoms with Gasteiger partial charge in [0.15, 0.2) is 4.34 Å². The molecule has 0 spiro atoms. The lowest BCUT2D eigenvalue weighted by molar-refractivity contribution is 0.423. The molecule has 19 heavy (non-hydrogen) atoms. The van der Waals surface area contributed by atoms with E-state index in [9.17, 15) is 4.39 Å². The van der Waals surface area contributed by atoms with Crippen LogP contribution in [0.25, 0.3) is 0 Å². The van der Waals surface area contributed by atoms with Crippen molar-refractivity contribution in [2.75, 3.05) is 0 Å². The Morgan fingerprint density at radius 3 is 2.84 bits per heavy atom. The van der Waals surface area contributed by atoms with Gasteiger partial charge in [0.2, 0.25) is 0 Å². The van der Waals surface area contributed by atoms with Gasteiger partial charge >= 0.3 is 7.12 Å². The third-order valence-electron chi connectivity index (χ3n) is 2.47. The first kappa shape index (κ1) is 14.5. The highest BCUT2D eigenvalue weighted by Gasteiger charge is 2.17. The van der Waals surface area contributed by atoms with Crippen LogP contribution in [0.4, 0.5) is 4.39 Å². The Bertz CT molecular complexity index is 565. The zero-order valence-electron chi connectivity index (χ0n) is 10.2. The molecule has 2 rings (SSSR count). The Morgan fingerprint density at radius 1 is 1.42 bits per heavy atom. The fraction of sp³-hybridized carbons (Fsp3) is 0.273. The molecule has 0 bridgehead atoms. The Hall–Kier alpha value is -0.955. The van der Waals surface area contributed by atoms with E-state index >= 15 is 0 Å². The molecule has 0 aliphatic rings. The SMILES string of the molecule is CCc1nsc(SCc2ccc(F)c(B(O)O)c2)n1. The van der Waals surface area contributed by atoms with E-state index in [1.807, 2.05) is 6.92 Å². The summed E-state index contributed by atoms with van der Waals surface area (Å²) in [5.41, 5.74) is 0.701. The fourth-order valence-corrected chi connectivity index (χ4v) is 3.10. The number of hydrogen-bond donors (Lipinski definition) is 2. The average Bonchev–Trinajstić information content (AvgIpc) is 2.85. The first-order valence-corrected chi connectivity index (χ1v) is 7.46. The summed E-state index contributed by atoms with van der Waals surface area (Å²) in [7, 11) is -1.79. The summed E-state index contributed by atoms with van der Waals surface area (Å²) in [6.45, 7) is 1.99. The molecule has 0 saturated heterocycles. The highest BCUT2D eigenvalue weighted by atomic mass is 32.2. The third-order valence-corrected chi connectivity index (χ3v) is 4.41. The lowest BCUT2D eigenvalue weighted by Crippen LogP contribution is -2.32. The normalized spacial score (nSPS) is 10.7. The van der Waals surface area contributed by atoms with E-state index in [1.165, 1.54) is 35.4 Å². The molecule has 2 aromatic rings. The van der Waals surface area contributed by atoms with Crippen LogP contribution in [0.1, 0.15) is 18.3 Å². The predicted octanol–water partition coefficient (Wildman–Crippen LogP) is 1.21. The van der Waals surface area contributed by atoms with Crippen LogP contribution < -0.4 is 5.46 Å². The molecule has 0 aliphatic heterocycles. The standard InChI is InChI=1S/C11H12BFN2O2S2/c1-2-10-14-11(19-15-10)18-6-7-3-4-9(13)8(5-7)12(16)17/h3-5,16-17H,2,6H2,1H3. The molecular weight excluding hydrogens is 286 g/mol. The Morgan fingerprint density at radius 2 is 2.21 bits per heavy atom. The Kier molecular flexibility index (Phi) is 4.92. The number of hydrogen-bond acceptors (Lipinski definition) is 6. The number of aromatic nitrogens is 2. The highest BCUT2D eigenvalue weighted by molar-refractivity contribution is 8.00. The number of aryl methyl sites for hydroxylation is 1. The minimum atomic E-state index is -1.79. The van der Waals surface area contributed by atoms with Gasteiger partial charge in [0.1, 0.15) is 11.6 Å². The van der Waals surface area contributed by atoms with Crippen molar-refractivity contribution in [2.45, 2.75) is 23.4 Å². The second kappa shape index (κ2) is 6.47. The van der Waals surface area contributed by atoms with Gasteiger partial charge in [0.05, 0.1) is 0 Å². The van der Waals surface area contributed by atoms with Crippen LogP contribution in [0.5, 0.6) is 0 Å². The van der Waals surface area contributed by atoms with Crippen molar-refractivity contribution in [3.63, 3.8) is 0 Å². The minimum absolute atomic E-state index is 0.107. The van der Waals surface area contributed by atoms with Crippen molar-refractivity contribution >= 4 is 35.9 Å². The molecule has 0 fully saturated rings. The number of benzene rings is 1. The van der Waals surface area contributed by atoms with E-state index in [-0.39, 0.29) is 5.46 Å². The van der Waals surface area contributed by atoms with Crippen LogP contribution in [0.15, 0.2) is 22.5 Å². The summed E-state index contributed by atoms with van der Waals surface area (Å²) in [4.78, 5) is 4.32. The van der Waals surface area contributed by atoms with Gasteiger partial charge < -0.3 is 10.0 Å². The minimum Gasteiger partial charge on any atom is -0.423 e. The fourth-order valence-electron chi connectivity index (χ4n) is 1.47. The van der Waals surface area contributed by atoms with Gasteiger partial charge in [0, 0.05) is 17.6 Å². The van der Waals surface area contributed by atoms with E-state index < -0.39 is 12.9 Å². The van der Waals surface area contributed by atoms with E-state index in [0.29, 0.717) is 5.75 Å². The molecule has 0 atom stereocenters. The molecule has 0 amide bonds. The molecule has 100 valence electrons. The molecule has 8 heteroatoms. The predicted molar refractivity (Wildman–Crippen MR) is 75.1 cm³/mol. The number of thioether (sulfide) groups is 1. The molecule has 1 heterocycles. The molecule has 1 aromatic carbocycles. The average molecular weight is 298 g/mol. The van der Waals surface area contributed by atoms with Crippen LogP contribution in [-0.2, 0) is 12.2 Å². The van der Waals surface area contributed by atoms with Gasteiger partial charge in [-0.3, -0.25) is 0 Å². The zero-order chi connectivity index (χ0) is 13.8. The lowest BCUT2D eigenvalue weighted by Gasteiger charge is -2.05. The van der Waals surface area contributed by atoms with Crippen LogP contribution >= 0.6 is 23.3 Å². The van der Waals surface area contributed by atoms with E-state index in [2.05, 4.69) is 9.36 Å². The zero-order valence-corrected chi connectivity index (χ0v) is 11.8. The maximum atomic E-state index is 13.3. The Balaban J connectivity index is 2.05. The summed E-state index contributed by atoms with van der Waals surface area (Å²) in [6.07, 6.45) is 0.800. The smallest absolute Gasteiger partial charge is 0.423 e. The van der Waals surface area contributed by atoms with Gasteiger partial charge in [0.25, 0.3) is 0 Å². The van der Waals surface area contributed by atoms with Crippen molar-refractivity contribution in [2.24, 2.45) is 0 Å². The van der Waals surface area contributed by atoms with Gasteiger partial charge in [-0.2, -0.15) is 4.37 Å². The molecule has 0 saturated carbocycles. The van der Waals surface area contributed by atoms with Gasteiger partial charge in [-0.15, -0.1) is 0 Å². The summed E-state index contributed by atoms with van der Waals surface area (Å²) < 4.78 is 18.3. The second-order valence-electron chi connectivity index (χ2n) is 3.85. The molecule has 1 aromatic heterocycles. The molecule has 0 radical (unpaired) electrons. The van der Waals surface area contributed by atoms with E-state index in [0.717, 1.165) is 22.1 Å². The Labute approximate surface area is 119 Å². The van der Waals surface area contributed by atoms with Crippen molar-refractivity contribution in [1.29, 1.82) is 0 Å². The highest BCUT2D eigenvalue weighted by Crippen LogP contribution is 2.24. The number of halogens is 1. The van der Waals surface area contributed by atoms with Gasteiger partial charge in [-0.1, -0.05) is 30.8 Å². The van der Waals surface area contributed by atoms with Crippen molar-refractivity contribution in [3.8, 4) is 0 Å². The van der Waals surface area contributed by atoms with Crippen LogP contribution in [0.2, 0.25) is 0 Å². The topological polar surface area (TPSA) is 66.2 Å². The molecule has 0 aliphatic carbocycles. The molecular formula is C11H12BFN2O2S2. The molecule has 2 N–H and O–H groups in total. The van der Waals surface area contributed by atoms with E-state index in [1.54, 1.807) is 6.07 Å². The first-order valence-electron chi connectivity index (χ1n) is 5.70.